The predicted molar refractivity (Wildman–Crippen MR) is 498 cm³/mol. The Balaban J connectivity index is 0.000000103. The molecule has 8 fully saturated rings. The van der Waals surface area contributed by atoms with Gasteiger partial charge in [0.2, 0.25) is 34.1 Å². The molecule has 7 N–H and O–H groups in total. The van der Waals surface area contributed by atoms with E-state index in [2.05, 4.69) is 155 Å². The van der Waals surface area contributed by atoms with Crippen molar-refractivity contribution in [1.29, 1.82) is 0 Å². The first-order chi connectivity index (χ1) is 61.2. The number of nitrogens with one attached hydrogen (secondary N) is 7. The van der Waals surface area contributed by atoms with Crippen molar-refractivity contribution in [3.05, 3.63) is 189 Å². The third-order valence-electron chi connectivity index (χ3n) is 26.0. The van der Waals surface area contributed by atoms with Gasteiger partial charge in [-0.15, -0.1) is 0 Å². The number of anilines is 5. The van der Waals surface area contributed by atoms with E-state index in [9.17, 15) is 4.79 Å². The number of aromatic nitrogens is 20. The zero-order chi connectivity index (χ0) is 86.5. The molecule has 1 aliphatic carbocycles. The molecule has 5 atom stereocenters. The number of amides is 1. The van der Waals surface area contributed by atoms with Gasteiger partial charge in [-0.3, -0.25) is 30.3 Å². The van der Waals surface area contributed by atoms with E-state index in [1.807, 2.05) is 134 Å². The molecule has 3 unspecified atom stereocenters. The van der Waals surface area contributed by atoms with E-state index in [0.29, 0.717) is 87.1 Å². The molecule has 17 heterocycles. The van der Waals surface area contributed by atoms with Crippen LogP contribution in [0.2, 0.25) is 30.1 Å². The monoisotopic (exact) mass is 1810 g/mol. The number of benzene rings is 5. The lowest BCUT2D eigenvalue weighted by Gasteiger charge is -2.39. The summed E-state index contributed by atoms with van der Waals surface area (Å²) in [5.41, 5.74) is 15.5. The lowest BCUT2D eigenvalue weighted by molar-refractivity contribution is -0.119. The molecule has 2 spiro atoms. The van der Waals surface area contributed by atoms with Gasteiger partial charge in [-0.2, -0.15) is 25.5 Å². The number of hydrogen-bond donors (Lipinski definition) is 7. The summed E-state index contributed by atoms with van der Waals surface area (Å²) in [7, 11) is 0. The number of carbonyl (C=O) groups is 1. The van der Waals surface area contributed by atoms with E-state index < -0.39 is 0 Å². The molecule has 1 amide bonds. The molecule has 8 aliphatic rings. The van der Waals surface area contributed by atoms with E-state index in [0.717, 1.165) is 249 Å². The first-order valence-corrected chi connectivity index (χ1v) is 45.1. The second-order valence-corrected chi connectivity index (χ2v) is 37.0. The summed E-state index contributed by atoms with van der Waals surface area (Å²) < 4.78 is 5.99. The maximum Gasteiger partial charge on any atom is 0.220 e. The van der Waals surface area contributed by atoms with Crippen LogP contribution in [0.3, 0.4) is 0 Å². The highest BCUT2D eigenvalue weighted by Gasteiger charge is 2.53. The van der Waals surface area contributed by atoms with E-state index in [-0.39, 0.29) is 17.0 Å². The van der Waals surface area contributed by atoms with Gasteiger partial charge in [0.25, 0.3) is 0 Å². The fourth-order valence-electron chi connectivity index (χ4n) is 18.3. The summed E-state index contributed by atoms with van der Waals surface area (Å²) in [4.78, 5) is 69.6. The Labute approximate surface area is 756 Å². The van der Waals surface area contributed by atoms with Crippen LogP contribution in [0.5, 0.6) is 0 Å². The van der Waals surface area contributed by atoms with Gasteiger partial charge in [-0.25, -0.2) is 49.8 Å². The highest BCUT2D eigenvalue weighted by atomic mass is 35.5. The van der Waals surface area contributed by atoms with Crippen LogP contribution >= 0.6 is 69.6 Å². The third kappa shape index (κ3) is 17.5. The van der Waals surface area contributed by atoms with Crippen LogP contribution in [-0.4, -0.2) is 190 Å². The average Bonchev–Trinajstić information content (AvgIpc) is 1.58. The molecule has 35 heteroatoms. The van der Waals surface area contributed by atoms with Gasteiger partial charge in [0.15, 0.2) is 5.88 Å². The Bertz CT molecular complexity index is 6410. The maximum atomic E-state index is 11.6. The maximum absolute atomic E-state index is 11.6. The van der Waals surface area contributed by atoms with E-state index in [1.54, 1.807) is 12.3 Å². The van der Waals surface area contributed by atoms with Crippen LogP contribution in [0.1, 0.15) is 98.3 Å². The molecule has 1 saturated carbocycles. The third-order valence-corrected chi connectivity index (χ3v) is 28.0. The number of carbonyl (C=O) groups excluding carboxylic acids is 1. The number of rotatable bonds is 11. The number of hydrogen-bond acceptors (Lipinski definition) is 23. The zero-order valence-electron chi connectivity index (χ0n) is 70.0. The summed E-state index contributed by atoms with van der Waals surface area (Å²) in [6, 6.07) is 36.1. The van der Waals surface area contributed by atoms with Crippen molar-refractivity contribution >= 4 is 160 Å². The van der Waals surface area contributed by atoms with Crippen LogP contribution < -0.4 is 35.1 Å². The smallest absolute Gasteiger partial charge is 0.220 e. The summed E-state index contributed by atoms with van der Waals surface area (Å²) in [6.45, 7) is 23.7. The molecular formula is C91H93Cl6N27O2. The van der Waals surface area contributed by atoms with Crippen molar-refractivity contribution in [3.63, 3.8) is 0 Å². The molecule has 0 radical (unpaired) electrons. The van der Waals surface area contributed by atoms with Crippen LogP contribution in [0.25, 0.3) is 112 Å². The normalized spacial score (nSPS) is 20.4. The van der Waals surface area contributed by atoms with Crippen molar-refractivity contribution in [2.75, 3.05) is 96.5 Å². The van der Waals surface area contributed by atoms with Crippen molar-refractivity contribution in [3.8, 4) is 56.3 Å². The van der Waals surface area contributed by atoms with Gasteiger partial charge in [0, 0.05) is 122 Å². The van der Waals surface area contributed by atoms with Crippen LogP contribution in [0, 0.1) is 29.1 Å². The van der Waals surface area contributed by atoms with E-state index in [4.69, 9.17) is 89.3 Å². The molecule has 5 aromatic carbocycles. The van der Waals surface area contributed by atoms with Crippen LogP contribution in [0.4, 0.5) is 29.1 Å². The molecule has 15 aromatic rings. The number of halogens is 6. The lowest BCUT2D eigenvalue weighted by atomic mass is 9.83. The SMILES string of the molecule is C=C1NCC2(CCCN(c3cnc4c(-c5ccccc5Cl)[nH]nc4n3)CC2)O1.CC1(C)CCN(c2cnc3c(-c4cccc(Cl)c4Cl)[nH]nc3n2)CC1.CC1[C@H]2CN(c3cnc4c(-c5cccc(Cl)c5)[nH]nc4n3)C[C@@H]12.CCC1CCN(c2cnc3c(-c4cccc(Cl)c4)[nH]nc3n2)C1.O=C1CCC2(CCN(c3cnc4c(-c5ccccc5Cl)[nH]nc4n3)CC2)N1. The second kappa shape index (κ2) is 35.3. The number of H-pyrrole nitrogens is 5. The predicted octanol–water partition coefficient (Wildman–Crippen LogP) is 18.7. The average molecular weight is 1810 g/mol. The molecule has 0 bridgehead atoms. The quantitative estimate of drug-likeness (QED) is 0.0632. The van der Waals surface area contributed by atoms with Crippen molar-refractivity contribution in [2.24, 2.45) is 29.1 Å². The molecule has 10 aromatic heterocycles. The van der Waals surface area contributed by atoms with Gasteiger partial charge in [-0.1, -0.05) is 177 Å². The van der Waals surface area contributed by atoms with Crippen LogP contribution in [-0.2, 0) is 9.53 Å². The summed E-state index contributed by atoms with van der Waals surface area (Å²) in [6.07, 6.45) is 20.3. The van der Waals surface area contributed by atoms with E-state index >= 15 is 0 Å². The lowest BCUT2D eigenvalue weighted by Crippen LogP contribution is -2.51. The van der Waals surface area contributed by atoms with Gasteiger partial charge >= 0.3 is 0 Å². The fraction of sp³-hybridized carbons (Fsp3) is 0.363. The molecule has 7 saturated heterocycles. The molecule has 126 heavy (non-hydrogen) atoms. The first-order valence-electron chi connectivity index (χ1n) is 42.9. The molecule has 23 rings (SSSR count). The Hall–Kier alpha value is -11.6. The largest absolute Gasteiger partial charge is 0.471 e. The number of piperidine rings is 3. The minimum atomic E-state index is -0.146. The van der Waals surface area contributed by atoms with E-state index in [1.165, 1.54) is 12.8 Å². The van der Waals surface area contributed by atoms with Crippen molar-refractivity contribution in [1.82, 2.24) is 111 Å². The molecule has 646 valence electrons. The zero-order valence-corrected chi connectivity index (χ0v) is 74.5. The summed E-state index contributed by atoms with van der Waals surface area (Å²) in [5, 5.41) is 46.9. The van der Waals surface area contributed by atoms with Gasteiger partial charge in [0.1, 0.15) is 62.3 Å². The minimum Gasteiger partial charge on any atom is -0.471 e. The first kappa shape index (κ1) is 83.9. The van der Waals surface area contributed by atoms with Crippen molar-refractivity contribution in [2.45, 2.75) is 109 Å². The number of ether oxygens (including phenoxy) is 1. The Morgan fingerprint density at radius 1 is 0.452 bits per heavy atom. The topological polar surface area (TPSA) is 339 Å². The molecule has 7 aliphatic heterocycles. The standard InChI is InChI=1S/C20H21ClN6O.C19H19ClN6O.C18H19Cl2N5.C17H16ClN5.C17H18ClN5/c1-13-23-12-20(28-13)7-4-9-27(10-8-20)16-11-22-18-17(25-26-19(18)24-16)14-5-2-3-6-15(14)21;20-13-4-2-1-3-12(13)16-17-18(25-24-16)22-14(11-21-17)26-9-7-19(8-10-26)6-5-15(27)23-19;1-18(2)6-8-25(9-7-18)13-10-21-16-15(23-24-17(16)22-13)11-4-3-5-12(19)14(11)20;1-9-12-7-23(8-13(9)12)14-6-19-16-15(21-22-17(16)20-14)10-3-2-4-11(18)5-10;1-2-11-6-7-23(10-11)14-9-19-16-15(21-22-17(16)20-14)12-4-3-5-13(18)8-12/h2-3,5-6,11,23H,1,4,7-10,12H2,(H,24,25,26);1-4,11H,5-10H2,(H,23,27)(H,22,24,25);3-5,10H,6-9H2,1-2H3,(H,22,23,24);2-6,9,12-13H,7-8H2,1H3,(H,20,21,22);3-5,8-9,11H,2,6-7,10H2,1H3,(H,20,21,22)/t;;;9?,12-,13+;. The molecular weight excluding hydrogens is 1720 g/mol. The second-order valence-electron chi connectivity index (χ2n) is 34.5. The summed E-state index contributed by atoms with van der Waals surface area (Å²) >= 11 is 37.2. The van der Waals surface area contributed by atoms with Gasteiger partial charge in [-0.05, 0) is 129 Å². The van der Waals surface area contributed by atoms with Gasteiger partial charge in [0.05, 0.1) is 86.1 Å². The van der Waals surface area contributed by atoms with Gasteiger partial charge < -0.3 is 39.9 Å². The van der Waals surface area contributed by atoms with Crippen molar-refractivity contribution < 1.29 is 9.53 Å². The Morgan fingerprint density at radius 2 is 0.873 bits per heavy atom. The highest BCUT2D eigenvalue weighted by Crippen LogP contribution is 2.52. The van der Waals surface area contributed by atoms with Crippen LogP contribution in [0.15, 0.2) is 159 Å². The minimum absolute atomic E-state index is 0.0192. The fourth-order valence-corrected chi connectivity index (χ4v) is 19.5. The summed E-state index contributed by atoms with van der Waals surface area (Å²) in [5.74, 6) is 8.55. The number of aromatic amines is 5. The Kier molecular flexibility index (Phi) is 23.5. The molecule has 29 nitrogen and oxygen atoms in total. The Morgan fingerprint density at radius 3 is 1.33 bits per heavy atom. The highest BCUT2D eigenvalue weighted by molar-refractivity contribution is 6.44. The number of fused-ring (bicyclic) bond motifs is 6. The number of nitrogens with zero attached hydrogens (tertiary/aromatic N) is 20.